The molecule has 1 rings (SSSR count). The Morgan fingerprint density at radius 1 is 1.30 bits per heavy atom. The molecule has 0 aromatic rings. The summed E-state index contributed by atoms with van der Waals surface area (Å²) in [7, 11) is 0. The van der Waals surface area contributed by atoms with Gasteiger partial charge in [0.2, 0.25) is 11.8 Å². The number of carbonyl (C=O) groups is 3. The van der Waals surface area contributed by atoms with Gasteiger partial charge in [0.1, 0.15) is 12.4 Å². The first kappa shape index (κ1) is 23.4. The number of carbonyl (C=O) groups excluding carboxylic acids is 3. The van der Waals surface area contributed by atoms with Crippen molar-refractivity contribution in [2.45, 2.75) is 57.1 Å². The zero-order valence-electron chi connectivity index (χ0n) is 15.6. The molecule has 0 bridgehead atoms. The van der Waals surface area contributed by atoms with Crippen LogP contribution in [0.2, 0.25) is 0 Å². The van der Waals surface area contributed by atoms with E-state index in [2.05, 4.69) is 10.6 Å². The number of unbranched alkanes of at least 4 members (excludes halogenated alkanes) is 1. The molecule has 0 spiro atoms. The lowest BCUT2D eigenvalue weighted by Gasteiger charge is -2.42. The van der Waals surface area contributed by atoms with Crippen molar-refractivity contribution in [2.75, 3.05) is 26.3 Å². The number of rotatable bonds is 12. The predicted molar refractivity (Wildman–Crippen MR) is 95.4 cm³/mol. The largest absolute Gasteiger partial charge is 0.394 e. The summed E-state index contributed by atoms with van der Waals surface area (Å²) < 4.78 is 11.1. The van der Waals surface area contributed by atoms with E-state index in [-0.39, 0.29) is 12.5 Å². The number of aliphatic hydroxyl groups excluding tert-OH is 2. The fourth-order valence-electron chi connectivity index (χ4n) is 2.84. The van der Waals surface area contributed by atoms with Gasteiger partial charge in [-0.25, -0.2) is 0 Å². The fourth-order valence-corrected chi connectivity index (χ4v) is 2.84. The van der Waals surface area contributed by atoms with E-state index in [0.717, 1.165) is 6.42 Å². The maximum atomic E-state index is 11.6. The van der Waals surface area contributed by atoms with Crippen LogP contribution in [0.5, 0.6) is 0 Å². The standard InChI is InChI=1S/C17H31N3O7/c1-11(23)20-15-12(9-21)16(25)13(10-22)27-17(15)26-8-3-2-5-14(24)19-7-4-6-18/h9,12-13,15-17,22,25H,2-8,10,18H2,1H3,(H,19,24)(H,20,23)/t12-,13-,15-,16-,17-/m1/s1. The van der Waals surface area contributed by atoms with Crippen LogP contribution in [0, 0.1) is 5.92 Å². The molecular formula is C17H31N3O7. The molecule has 10 heteroatoms. The van der Waals surface area contributed by atoms with E-state index < -0.39 is 43.0 Å². The average Bonchev–Trinajstić information content (AvgIpc) is 2.63. The van der Waals surface area contributed by atoms with Gasteiger partial charge in [0.05, 0.1) is 24.7 Å². The third kappa shape index (κ3) is 7.89. The van der Waals surface area contributed by atoms with Gasteiger partial charge in [-0.2, -0.15) is 0 Å². The highest BCUT2D eigenvalue weighted by Gasteiger charge is 2.45. The average molecular weight is 389 g/mol. The fraction of sp³-hybridized carbons (Fsp3) is 0.824. The number of hydrogen-bond acceptors (Lipinski definition) is 8. The number of hydrogen-bond donors (Lipinski definition) is 5. The Morgan fingerprint density at radius 2 is 2.04 bits per heavy atom. The molecule has 1 fully saturated rings. The quantitative estimate of drug-likeness (QED) is 0.190. The van der Waals surface area contributed by atoms with Gasteiger partial charge in [-0.05, 0) is 25.8 Å². The zero-order valence-corrected chi connectivity index (χ0v) is 15.6. The Hall–Kier alpha value is -1.59. The monoisotopic (exact) mass is 389 g/mol. The van der Waals surface area contributed by atoms with Crippen molar-refractivity contribution >= 4 is 18.1 Å². The molecule has 0 aromatic carbocycles. The molecule has 0 saturated carbocycles. The van der Waals surface area contributed by atoms with Crippen LogP contribution in [-0.4, -0.2) is 79.2 Å². The summed E-state index contributed by atoms with van der Waals surface area (Å²) in [6, 6.07) is -0.864. The molecule has 2 amide bonds. The highest BCUT2D eigenvalue weighted by molar-refractivity contribution is 5.75. The molecule has 156 valence electrons. The highest BCUT2D eigenvalue weighted by atomic mass is 16.7. The van der Waals surface area contributed by atoms with E-state index in [1.807, 2.05) is 0 Å². The van der Waals surface area contributed by atoms with Crippen molar-refractivity contribution < 1.29 is 34.1 Å². The first-order valence-corrected chi connectivity index (χ1v) is 9.19. The van der Waals surface area contributed by atoms with Crippen LogP contribution >= 0.6 is 0 Å². The second kappa shape index (κ2) is 12.7. The molecule has 1 aliphatic rings. The number of ether oxygens (including phenoxy) is 2. The van der Waals surface area contributed by atoms with Crippen molar-refractivity contribution in [3.05, 3.63) is 0 Å². The van der Waals surface area contributed by atoms with Crippen LogP contribution in [0.4, 0.5) is 0 Å². The number of aldehydes is 1. The second-order valence-corrected chi connectivity index (χ2v) is 6.48. The molecule has 6 N–H and O–H groups in total. The van der Waals surface area contributed by atoms with Gasteiger partial charge in [0.15, 0.2) is 6.29 Å². The summed E-state index contributed by atoms with van der Waals surface area (Å²) in [5, 5.41) is 24.8. The lowest BCUT2D eigenvalue weighted by atomic mass is 9.88. The van der Waals surface area contributed by atoms with E-state index in [1.54, 1.807) is 0 Å². The lowest BCUT2D eigenvalue weighted by Crippen LogP contribution is -2.62. The Morgan fingerprint density at radius 3 is 2.63 bits per heavy atom. The Kier molecular flexibility index (Phi) is 11.1. The van der Waals surface area contributed by atoms with Crippen LogP contribution in [-0.2, 0) is 23.9 Å². The Labute approximate surface area is 158 Å². The summed E-state index contributed by atoms with van der Waals surface area (Å²) in [6.07, 6.45) is -0.451. The summed E-state index contributed by atoms with van der Waals surface area (Å²) in [6.45, 7) is 2.11. The molecule has 1 aliphatic heterocycles. The van der Waals surface area contributed by atoms with Crippen LogP contribution in [0.25, 0.3) is 0 Å². The van der Waals surface area contributed by atoms with E-state index in [9.17, 15) is 24.6 Å². The molecular weight excluding hydrogens is 358 g/mol. The van der Waals surface area contributed by atoms with Crippen molar-refractivity contribution in [1.82, 2.24) is 10.6 Å². The third-order valence-corrected chi connectivity index (χ3v) is 4.28. The first-order chi connectivity index (χ1) is 12.9. The Bertz CT molecular complexity index is 477. The second-order valence-electron chi connectivity index (χ2n) is 6.48. The number of nitrogens with two attached hydrogens (primary N) is 1. The van der Waals surface area contributed by atoms with Crippen molar-refractivity contribution in [3.63, 3.8) is 0 Å². The van der Waals surface area contributed by atoms with E-state index >= 15 is 0 Å². The summed E-state index contributed by atoms with van der Waals surface area (Å²) in [5.74, 6) is -1.41. The smallest absolute Gasteiger partial charge is 0.219 e. The molecule has 1 saturated heterocycles. The molecule has 0 aliphatic carbocycles. The maximum absolute atomic E-state index is 11.6. The van der Waals surface area contributed by atoms with E-state index in [1.165, 1.54) is 6.92 Å². The zero-order chi connectivity index (χ0) is 20.2. The van der Waals surface area contributed by atoms with Gasteiger partial charge in [-0.15, -0.1) is 0 Å². The number of aliphatic hydroxyl groups is 2. The minimum Gasteiger partial charge on any atom is -0.394 e. The van der Waals surface area contributed by atoms with Crippen LogP contribution in [0.3, 0.4) is 0 Å². The van der Waals surface area contributed by atoms with Crippen LogP contribution in [0.15, 0.2) is 0 Å². The van der Waals surface area contributed by atoms with Gasteiger partial charge in [-0.3, -0.25) is 9.59 Å². The molecule has 0 aromatic heterocycles. The minimum atomic E-state index is -1.25. The van der Waals surface area contributed by atoms with Crippen molar-refractivity contribution in [1.29, 1.82) is 0 Å². The first-order valence-electron chi connectivity index (χ1n) is 9.19. The van der Waals surface area contributed by atoms with Crippen molar-refractivity contribution in [2.24, 2.45) is 11.7 Å². The van der Waals surface area contributed by atoms with Gasteiger partial charge in [0.25, 0.3) is 0 Å². The molecule has 0 radical (unpaired) electrons. The van der Waals surface area contributed by atoms with Crippen LogP contribution < -0.4 is 16.4 Å². The van der Waals surface area contributed by atoms with Gasteiger partial charge in [-0.1, -0.05) is 0 Å². The summed E-state index contributed by atoms with van der Waals surface area (Å²) in [4.78, 5) is 34.4. The summed E-state index contributed by atoms with van der Waals surface area (Å²) in [5.41, 5.74) is 5.36. The molecule has 10 nitrogen and oxygen atoms in total. The molecule has 27 heavy (non-hydrogen) atoms. The minimum absolute atomic E-state index is 0.0574. The Balaban J connectivity index is 2.48. The third-order valence-electron chi connectivity index (χ3n) is 4.28. The molecule has 0 unspecified atom stereocenters. The SMILES string of the molecule is CC(=O)N[C@H]1[C@H](OCCCCC(=O)NCCCN)O[C@H](CO)[C@H](O)[C@@H]1C=O. The molecule has 5 atom stereocenters. The van der Waals surface area contributed by atoms with E-state index in [0.29, 0.717) is 38.6 Å². The van der Waals surface area contributed by atoms with E-state index in [4.69, 9.17) is 15.2 Å². The number of amides is 2. The van der Waals surface area contributed by atoms with Gasteiger partial charge >= 0.3 is 0 Å². The predicted octanol–water partition coefficient (Wildman–Crippen LogP) is -1.96. The lowest BCUT2D eigenvalue weighted by molar-refractivity contribution is -0.254. The van der Waals surface area contributed by atoms with Crippen LogP contribution in [0.1, 0.15) is 32.6 Å². The topological polar surface area (TPSA) is 160 Å². The number of nitrogens with one attached hydrogen (secondary N) is 2. The van der Waals surface area contributed by atoms with Crippen molar-refractivity contribution in [3.8, 4) is 0 Å². The van der Waals surface area contributed by atoms with Gasteiger partial charge in [0, 0.05) is 26.5 Å². The maximum Gasteiger partial charge on any atom is 0.219 e. The van der Waals surface area contributed by atoms with Gasteiger partial charge < -0.3 is 40.8 Å². The normalized spacial score (nSPS) is 27.8. The molecule has 1 heterocycles. The highest BCUT2D eigenvalue weighted by Crippen LogP contribution is 2.26. The summed E-state index contributed by atoms with van der Waals surface area (Å²) >= 11 is 0.